The van der Waals surface area contributed by atoms with Crippen LogP contribution in [0.2, 0.25) is 0 Å². The van der Waals surface area contributed by atoms with Gasteiger partial charge in [0.05, 0.1) is 0 Å². The van der Waals surface area contributed by atoms with Gasteiger partial charge in [0, 0.05) is 17.5 Å². The van der Waals surface area contributed by atoms with Gasteiger partial charge >= 0.3 is 0 Å². The zero-order valence-electron chi connectivity index (χ0n) is 12.0. The monoisotopic (exact) mass is 263 g/mol. The van der Waals surface area contributed by atoms with Crippen LogP contribution < -0.4 is 5.32 Å². The highest BCUT2D eigenvalue weighted by Crippen LogP contribution is 2.61. The minimum absolute atomic E-state index is 0.608. The van der Waals surface area contributed by atoms with Crippen LogP contribution in [-0.2, 0) is 6.54 Å². The topological polar surface area (TPSA) is 12.0 Å². The van der Waals surface area contributed by atoms with Crippen LogP contribution in [0.25, 0.3) is 0 Å². The summed E-state index contributed by atoms with van der Waals surface area (Å²) in [5.74, 6) is 2.74. The third-order valence-electron chi connectivity index (χ3n) is 5.85. The third kappa shape index (κ3) is 1.85. The van der Waals surface area contributed by atoms with E-state index in [4.69, 9.17) is 0 Å². The number of thiophene rings is 1. The normalized spacial score (nSPS) is 37.3. The lowest BCUT2D eigenvalue weighted by atomic mass is 9.45. The Labute approximate surface area is 115 Å². The molecule has 3 saturated carbocycles. The van der Waals surface area contributed by atoms with Crippen LogP contribution in [0.3, 0.4) is 0 Å². The van der Waals surface area contributed by atoms with Gasteiger partial charge in [0.1, 0.15) is 0 Å². The van der Waals surface area contributed by atoms with Crippen LogP contribution in [0, 0.1) is 30.1 Å². The molecule has 0 aliphatic heterocycles. The number of fused-ring (bicyclic) bond motifs is 2. The molecule has 0 radical (unpaired) electrons. The average Bonchev–Trinajstić information content (AvgIpc) is 2.73. The molecule has 3 fully saturated rings. The first-order valence-corrected chi connectivity index (χ1v) is 8.14. The molecule has 2 bridgehead atoms. The van der Waals surface area contributed by atoms with Gasteiger partial charge in [-0.1, -0.05) is 20.8 Å². The molecule has 1 N–H and O–H groups in total. The molecule has 3 aliphatic rings. The summed E-state index contributed by atoms with van der Waals surface area (Å²) in [6.45, 7) is 10.7. The first kappa shape index (κ1) is 12.7. The second-order valence-electron chi connectivity index (χ2n) is 6.97. The van der Waals surface area contributed by atoms with Gasteiger partial charge < -0.3 is 5.32 Å². The van der Waals surface area contributed by atoms with Crippen molar-refractivity contribution in [3.8, 4) is 0 Å². The molecular weight excluding hydrogens is 238 g/mol. The zero-order chi connectivity index (χ0) is 12.9. The fourth-order valence-electron chi connectivity index (χ4n) is 4.23. The second kappa shape index (κ2) is 4.35. The SMILES string of the molecule is Cc1ccsc1CN[C@@H]1C[C@@H]2C[C@H]([C@H]1C)C2(C)C. The molecule has 3 aliphatic carbocycles. The largest absolute Gasteiger partial charge is 0.309 e. The third-order valence-corrected chi connectivity index (χ3v) is 6.87. The van der Waals surface area contributed by atoms with Gasteiger partial charge in [-0.25, -0.2) is 0 Å². The van der Waals surface area contributed by atoms with E-state index in [1.807, 2.05) is 11.3 Å². The van der Waals surface area contributed by atoms with Crippen LogP contribution in [0.1, 0.15) is 44.1 Å². The van der Waals surface area contributed by atoms with E-state index in [0.717, 1.165) is 30.3 Å². The average molecular weight is 263 g/mol. The van der Waals surface area contributed by atoms with Gasteiger partial charge in [0.15, 0.2) is 0 Å². The Balaban J connectivity index is 1.61. The summed E-state index contributed by atoms with van der Waals surface area (Å²) in [5.41, 5.74) is 2.05. The summed E-state index contributed by atoms with van der Waals surface area (Å²) in [4.78, 5) is 1.51. The van der Waals surface area contributed by atoms with E-state index in [1.54, 1.807) is 0 Å². The van der Waals surface area contributed by atoms with Crippen molar-refractivity contribution in [2.24, 2.45) is 23.2 Å². The lowest BCUT2D eigenvalue weighted by Crippen LogP contribution is -2.59. The molecule has 18 heavy (non-hydrogen) atoms. The Kier molecular flexibility index (Phi) is 3.06. The fraction of sp³-hybridized carbons (Fsp3) is 0.750. The Morgan fingerprint density at radius 3 is 2.72 bits per heavy atom. The first-order valence-electron chi connectivity index (χ1n) is 7.26. The molecule has 0 amide bonds. The molecular formula is C16H25NS. The van der Waals surface area contributed by atoms with E-state index < -0.39 is 0 Å². The maximum atomic E-state index is 3.82. The molecule has 1 nitrogen and oxygen atoms in total. The number of hydrogen-bond donors (Lipinski definition) is 1. The lowest BCUT2D eigenvalue weighted by Gasteiger charge is -2.62. The zero-order valence-corrected chi connectivity index (χ0v) is 12.8. The molecule has 0 spiro atoms. The number of hydrogen-bond acceptors (Lipinski definition) is 2. The first-order chi connectivity index (χ1) is 8.50. The molecule has 100 valence electrons. The van der Waals surface area contributed by atoms with Crippen molar-refractivity contribution >= 4 is 11.3 Å². The van der Waals surface area contributed by atoms with Gasteiger partial charge in [0.25, 0.3) is 0 Å². The Morgan fingerprint density at radius 1 is 1.39 bits per heavy atom. The highest BCUT2D eigenvalue weighted by atomic mass is 32.1. The molecule has 1 aromatic heterocycles. The van der Waals surface area contributed by atoms with Crippen molar-refractivity contribution in [1.29, 1.82) is 0 Å². The van der Waals surface area contributed by atoms with Crippen LogP contribution in [0.5, 0.6) is 0 Å². The Bertz CT molecular complexity index is 434. The smallest absolute Gasteiger partial charge is 0.0305 e. The van der Waals surface area contributed by atoms with Crippen molar-refractivity contribution in [3.05, 3.63) is 21.9 Å². The second-order valence-corrected chi connectivity index (χ2v) is 7.97. The summed E-state index contributed by atoms with van der Waals surface area (Å²) in [5, 5.41) is 6.03. The Hall–Kier alpha value is -0.340. The van der Waals surface area contributed by atoms with Crippen LogP contribution in [-0.4, -0.2) is 6.04 Å². The van der Waals surface area contributed by atoms with Gasteiger partial charge in [-0.05, 0) is 59.9 Å². The van der Waals surface area contributed by atoms with E-state index in [-0.39, 0.29) is 0 Å². The molecule has 0 aromatic carbocycles. The molecule has 1 heterocycles. The van der Waals surface area contributed by atoms with Crippen molar-refractivity contribution in [3.63, 3.8) is 0 Å². The van der Waals surface area contributed by atoms with E-state index in [9.17, 15) is 0 Å². The van der Waals surface area contributed by atoms with E-state index in [0.29, 0.717) is 5.41 Å². The van der Waals surface area contributed by atoms with Crippen LogP contribution in [0.15, 0.2) is 11.4 Å². The fourth-order valence-corrected chi connectivity index (χ4v) is 5.09. The summed E-state index contributed by atoms with van der Waals surface area (Å²) in [7, 11) is 0. The minimum Gasteiger partial charge on any atom is -0.309 e. The number of nitrogens with one attached hydrogen (secondary N) is 1. The molecule has 0 unspecified atom stereocenters. The van der Waals surface area contributed by atoms with Crippen molar-refractivity contribution in [2.75, 3.05) is 0 Å². The predicted molar refractivity (Wildman–Crippen MR) is 78.8 cm³/mol. The standard InChI is InChI=1S/C16H25NS/c1-10-5-6-18-15(10)9-17-14-8-12-7-13(11(14)2)16(12,3)4/h5-6,11-14,17H,7-9H2,1-4H3/t11-,12+,13-,14-/m1/s1. The summed E-state index contributed by atoms with van der Waals surface area (Å²) in [6, 6.07) is 2.97. The van der Waals surface area contributed by atoms with E-state index >= 15 is 0 Å². The summed E-state index contributed by atoms with van der Waals surface area (Å²) in [6.07, 6.45) is 2.86. The summed E-state index contributed by atoms with van der Waals surface area (Å²) < 4.78 is 0. The minimum atomic E-state index is 0.608. The van der Waals surface area contributed by atoms with E-state index in [2.05, 4.69) is 44.5 Å². The predicted octanol–water partition coefficient (Wildman–Crippen LogP) is 4.22. The molecule has 2 heteroatoms. The van der Waals surface area contributed by atoms with Gasteiger partial charge in [-0.15, -0.1) is 11.3 Å². The van der Waals surface area contributed by atoms with E-state index in [1.165, 1.54) is 23.3 Å². The lowest BCUT2D eigenvalue weighted by molar-refractivity contribution is -0.115. The van der Waals surface area contributed by atoms with Gasteiger partial charge in [0.2, 0.25) is 0 Å². The molecule has 0 saturated heterocycles. The number of rotatable bonds is 3. The Morgan fingerprint density at radius 2 is 2.17 bits per heavy atom. The highest BCUT2D eigenvalue weighted by molar-refractivity contribution is 7.10. The molecule has 4 rings (SSSR count). The number of aryl methyl sites for hydroxylation is 1. The van der Waals surface area contributed by atoms with Crippen molar-refractivity contribution in [1.82, 2.24) is 5.32 Å². The van der Waals surface area contributed by atoms with Crippen LogP contribution in [0.4, 0.5) is 0 Å². The summed E-state index contributed by atoms with van der Waals surface area (Å²) >= 11 is 1.89. The maximum Gasteiger partial charge on any atom is 0.0305 e. The van der Waals surface area contributed by atoms with Crippen molar-refractivity contribution in [2.45, 2.75) is 53.1 Å². The highest BCUT2D eigenvalue weighted by Gasteiger charge is 2.55. The molecule has 4 atom stereocenters. The van der Waals surface area contributed by atoms with Crippen LogP contribution >= 0.6 is 11.3 Å². The van der Waals surface area contributed by atoms with Crippen molar-refractivity contribution < 1.29 is 0 Å². The van der Waals surface area contributed by atoms with Gasteiger partial charge in [-0.2, -0.15) is 0 Å². The molecule has 1 aromatic rings. The quantitative estimate of drug-likeness (QED) is 0.861. The van der Waals surface area contributed by atoms with Gasteiger partial charge in [-0.3, -0.25) is 0 Å². The maximum absolute atomic E-state index is 3.82.